The molecule has 146 valence electrons. The Labute approximate surface area is 168 Å². The first-order valence-electron chi connectivity index (χ1n) is 9.16. The van der Waals surface area contributed by atoms with Gasteiger partial charge in [0.15, 0.2) is 0 Å². The number of hydrogen-bond acceptors (Lipinski definition) is 4. The molecular weight excluding hydrogens is 372 g/mol. The molecule has 1 heterocycles. The van der Waals surface area contributed by atoms with Crippen molar-refractivity contribution in [1.29, 1.82) is 0 Å². The second-order valence-electron chi connectivity index (χ2n) is 6.76. The Balaban J connectivity index is 2.13. The smallest absolute Gasteiger partial charge is 0.329 e. The molecule has 1 N–H and O–H groups in total. The van der Waals surface area contributed by atoms with Crippen LogP contribution in [-0.2, 0) is 13.0 Å². The van der Waals surface area contributed by atoms with Crippen LogP contribution < -0.4 is 16.0 Å². The van der Waals surface area contributed by atoms with Crippen LogP contribution in [0.5, 0.6) is 5.75 Å². The second kappa shape index (κ2) is 8.52. The summed E-state index contributed by atoms with van der Waals surface area (Å²) in [6.07, 6.45) is 0.543. The molecule has 6 heteroatoms. The fourth-order valence-electron chi connectivity index (χ4n) is 3.22. The molecule has 3 aromatic rings. The first-order valence-corrected chi connectivity index (χ1v) is 9.98. The number of methoxy groups -OCH3 is 1. The lowest BCUT2D eigenvalue weighted by Gasteiger charge is -2.16. The van der Waals surface area contributed by atoms with Crippen LogP contribution in [0.4, 0.5) is 0 Å². The van der Waals surface area contributed by atoms with E-state index in [-0.39, 0.29) is 5.56 Å². The number of nitrogens with zero attached hydrogens (tertiary/aromatic N) is 1. The zero-order valence-corrected chi connectivity index (χ0v) is 17.4. The van der Waals surface area contributed by atoms with E-state index >= 15 is 0 Å². The van der Waals surface area contributed by atoms with Crippen LogP contribution in [0.25, 0.3) is 0 Å². The van der Waals surface area contributed by atoms with Crippen molar-refractivity contribution < 1.29 is 4.74 Å². The molecule has 0 saturated carbocycles. The highest BCUT2D eigenvalue weighted by Crippen LogP contribution is 2.30. The zero-order valence-electron chi connectivity index (χ0n) is 16.5. The predicted octanol–water partition coefficient (Wildman–Crippen LogP) is 3.92. The quantitative estimate of drug-likeness (QED) is 0.642. The van der Waals surface area contributed by atoms with Gasteiger partial charge in [-0.3, -0.25) is 14.3 Å². The molecule has 3 rings (SSSR count). The van der Waals surface area contributed by atoms with Crippen LogP contribution in [-0.4, -0.2) is 16.7 Å². The third-order valence-electron chi connectivity index (χ3n) is 4.48. The lowest BCUT2D eigenvalue weighted by Crippen LogP contribution is -2.34. The Bertz CT molecular complexity index is 1100. The Morgan fingerprint density at radius 2 is 1.79 bits per heavy atom. The first kappa shape index (κ1) is 20.0. The molecule has 0 aliphatic rings. The molecule has 0 spiro atoms. The summed E-state index contributed by atoms with van der Waals surface area (Å²) < 4.78 is 6.92. The first-order chi connectivity index (χ1) is 13.4. The van der Waals surface area contributed by atoms with Gasteiger partial charge in [0.05, 0.1) is 18.7 Å². The number of rotatable bonds is 6. The van der Waals surface area contributed by atoms with E-state index in [1.165, 1.54) is 11.8 Å². The summed E-state index contributed by atoms with van der Waals surface area (Å²) in [7, 11) is 1.61. The van der Waals surface area contributed by atoms with Crippen molar-refractivity contribution in [2.75, 3.05) is 7.11 Å². The number of benzene rings is 2. The van der Waals surface area contributed by atoms with E-state index in [2.05, 4.69) is 23.2 Å². The predicted molar refractivity (Wildman–Crippen MR) is 113 cm³/mol. The Morgan fingerprint density at radius 1 is 1.07 bits per heavy atom. The Kier molecular flexibility index (Phi) is 6.09. The topological polar surface area (TPSA) is 64.1 Å². The van der Waals surface area contributed by atoms with Crippen LogP contribution >= 0.6 is 11.8 Å². The number of hydrogen-bond donors (Lipinski definition) is 1. The lowest BCUT2D eigenvalue weighted by molar-refractivity contribution is 0.414. The van der Waals surface area contributed by atoms with Gasteiger partial charge < -0.3 is 4.74 Å². The van der Waals surface area contributed by atoms with Gasteiger partial charge in [-0.15, -0.1) is 0 Å². The van der Waals surface area contributed by atoms with Gasteiger partial charge in [0, 0.05) is 10.5 Å². The number of H-pyrrole nitrogens is 1. The van der Waals surface area contributed by atoms with E-state index in [1.807, 2.05) is 45.0 Å². The summed E-state index contributed by atoms with van der Waals surface area (Å²) in [5.41, 5.74) is 3.11. The molecule has 0 aliphatic heterocycles. The molecule has 1 aromatic heterocycles. The molecule has 0 fully saturated rings. The fraction of sp³-hybridized carbons (Fsp3) is 0.273. The van der Waals surface area contributed by atoms with Crippen molar-refractivity contribution in [2.45, 2.75) is 43.7 Å². The number of aromatic nitrogens is 2. The van der Waals surface area contributed by atoms with Gasteiger partial charge in [-0.2, -0.15) is 0 Å². The van der Waals surface area contributed by atoms with Gasteiger partial charge >= 0.3 is 5.69 Å². The van der Waals surface area contributed by atoms with Crippen LogP contribution in [0.2, 0.25) is 0 Å². The summed E-state index contributed by atoms with van der Waals surface area (Å²) in [6.45, 7) is 6.36. The lowest BCUT2D eigenvalue weighted by atomic mass is 10.2. The summed E-state index contributed by atoms with van der Waals surface area (Å²) in [5, 5.41) is 0.684. The Hall–Kier alpha value is -2.73. The average Bonchev–Trinajstić information content (AvgIpc) is 2.64. The standard InChI is InChI=1S/C22H24N2O3S/c1-5-19-20(25)23-22(26)24(13-16-7-6-8-17(12-16)27-4)21(19)28-18-10-14(2)9-15(3)11-18/h6-12H,5,13H2,1-4H3,(H,23,25,26). The van der Waals surface area contributed by atoms with Crippen molar-refractivity contribution >= 4 is 11.8 Å². The summed E-state index contributed by atoms with van der Waals surface area (Å²) in [5.74, 6) is 0.731. The highest BCUT2D eigenvalue weighted by atomic mass is 32.2. The van der Waals surface area contributed by atoms with Crippen molar-refractivity contribution in [1.82, 2.24) is 9.55 Å². The van der Waals surface area contributed by atoms with Crippen molar-refractivity contribution in [3.05, 3.63) is 85.6 Å². The van der Waals surface area contributed by atoms with Crippen molar-refractivity contribution in [3.8, 4) is 5.75 Å². The van der Waals surface area contributed by atoms with Gasteiger partial charge in [0.25, 0.3) is 5.56 Å². The SMILES string of the molecule is CCc1c(Sc2cc(C)cc(C)c2)n(Cc2cccc(OC)c2)c(=O)[nH]c1=O. The van der Waals surface area contributed by atoms with E-state index in [9.17, 15) is 9.59 Å². The molecule has 0 amide bonds. The minimum absolute atomic E-state index is 0.318. The highest BCUT2D eigenvalue weighted by molar-refractivity contribution is 7.99. The number of aromatic amines is 1. The number of ether oxygens (including phenoxy) is 1. The fourth-order valence-corrected chi connectivity index (χ4v) is 4.55. The molecule has 28 heavy (non-hydrogen) atoms. The maximum Gasteiger partial charge on any atom is 0.329 e. The Morgan fingerprint density at radius 3 is 2.43 bits per heavy atom. The van der Waals surface area contributed by atoms with Crippen molar-refractivity contribution in [3.63, 3.8) is 0 Å². The molecular formula is C22H24N2O3S. The van der Waals surface area contributed by atoms with E-state index in [4.69, 9.17) is 4.74 Å². The van der Waals surface area contributed by atoms with Crippen LogP contribution in [0, 0.1) is 13.8 Å². The second-order valence-corrected chi connectivity index (χ2v) is 7.82. The van der Waals surface area contributed by atoms with Gasteiger partial charge in [0.2, 0.25) is 0 Å². The molecule has 0 atom stereocenters. The highest BCUT2D eigenvalue weighted by Gasteiger charge is 2.16. The molecule has 0 unspecified atom stereocenters. The van der Waals surface area contributed by atoms with Crippen LogP contribution in [0.1, 0.15) is 29.2 Å². The third kappa shape index (κ3) is 4.39. The van der Waals surface area contributed by atoms with E-state index in [1.54, 1.807) is 11.7 Å². The molecule has 0 aliphatic carbocycles. The van der Waals surface area contributed by atoms with Gasteiger partial charge in [-0.1, -0.05) is 36.9 Å². The van der Waals surface area contributed by atoms with Crippen LogP contribution in [0.3, 0.4) is 0 Å². The van der Waals surface area contributed by atoms with Gasteiger partial charge in [-0.05, 0) is 61.2 Å². The largest absolute Gasteiger partial charge is 0.497 e. The minimum atomic E-state index is -0.406. The maximum atomic E-state index is 12.7. The number of nitrogens with one attached hydrogen (secondary N) is 1. The normalized spacial score (nSPS) is 10.9. The van der Waals surface area contributed by atoms with E-state index in [0.717, 1.165) is 27.3 Å². The summed E-state index contributed by atoms with van der Waals surface area (Å²) in [6, 6.07) is 13.8. The summed E-state index contributed by atoms with van der Waals surface area (Å²) in [4.78, 5) is 28.6. The molecule has 0 radical (unpaired) electrons. The zero-order chi connectivity index (χ0) is 20.3. The van der Waals surface area contributed by atoms with Crippen LogP contribution in [0.15, 0.2) is 62.0 Å². The minimum Gasteiger partial charge on any atom is -0.497 e. The monoisotopic (exact) mass is 396 g/mol. The van der Waals surface area contributed by atoms with Gasteiger partial charge in [0.1, 0.15) is 5.75 Å². The maximum absolute atomic E-state index is 12.7. The molecule has 0 saturated heterocycles. The number of aryl methyl sites for hydroxylation is 2. The van der Waals surface area contributed by atoms with E-state index in [0.29, 0.717) is 23.6 Å². The average molecular weight is 397 g/mol. The van der Waals surface area contributed by atoms with Crippen molar-refractivity contribution in [2.24, 2.45) is 0 Å². The molecule has 5 nitrogen and oxygen atoms in total. The van der Waals surface area contributed by atoms with E-state index < -0.39 is 5.69 Å². The summed E-state index contributed by atoms with van der Waals surface area (Å²) >= 11 is 1.46. The third-order valence-corrected chi connectivity index (χ3v) is 5.61. The molecule has 2 aromatic carbocycles. The van der Waals surface area contributed by atoms with Gasteiger partial charge in [-0.25, -0.2) is 4.79 Å². The molecule has 0 bridgehead atoms.